The van der Waals surface area contributed by atoms with E-state index < -0.39 is 5.41 Å². The number of rotatable bonds is 4. The van der Waals surface area contributed by atoms with Gasteiger partial charge in [0.1, 0.15) is 6.61 Å². The molecule has 1 aromatic carbocycles. The summed E-state index contributed by atoms with van der Waals surface area (Å²) in [4.78, 5) is 12.1. The molecule has 1 fully saturated rings. The minimum atomic E-state index is -0.646. The molecule has 0 amide bonds. The average molecular weight is 248 g/mol. The summed E-state index contributed by atoms with van der Waals surface area (Å²) < 4.78 is 5.36. The lowest BCUT2D eigenvalue weighted by Gasteiger charge is -2.32. The van der Waals surface area contributed by atoms with Gasteiger partial charge in [-0.05, 0) is 18.4 Å². The zero-order valence-electron chi connectivity index (χ0n) is 10.6. The van der Waals surface area contributed by atoms with Crippen molar-refractivity contribution in [3.8, 4) is 0 Å². The SMILES string of the molecule is O=C(OCc1ccccc1)C1(CO)CCCCC1. The lowest BCUT2D eigenvalue weighted by molar-refractivity contribution is -0.162. The van der Waals surface area contributed by atoms with E-state index in [0.717, 1.165) is 37.7 Å². The van der Waals surface area contributed by atoms with Crippen LogP contribution in [0.4, 0.5) is 0 Å². The van der Waals surface area contributed by atoms with Crippen LogP contribution in [-0.2, 0) is 16.1 Å². The summed E-state index contributed by atoms with van der Waals surface area (Å²) in [6, 6.07) is 9.64. The van der Waals surface area contributed by atoms with E-state index in [2.05, 4.69) is 0 Å². The summed E-state index contributed by atoms with van der Waals surface area (Å²) >= 11 is 0. The van der Waals surface area contributed by atoms with Crippen LogP contribution in [0.15, 0.2) is 30.3 Å². The van der Waals surface area contributed by atoms with Crippen molar-refractivity contribution < 1.29 is 14.6 Å². The van der Waals surface area contributed by atoms with Crippen LogP contribution in [-0.4, -0.2) is 17.7 Å². The van der Waals surface area contributed by atoms with Gasteiger partial charge >= 0.3 is 5.97 Å². The highest BCUT2D eigenvalue weighted by molar-refractivity contribution is 5.77. The smallest absolute Gasteiger partial charge is 0.314 e. The van der Waals surface area contributed by atoms with Gasteiger partial charge < -0.3 is 9.84 Å². The molecular formula is C15H20O3. The molecule has 0 spiro atoms. The molecule has 0 saturated heterocycles. The van der Waals surface area contributed by atoms with Gasteiger partial charge in [-0.1, -0.05) is 49.6 Å². The van der Waals surface area contributed by atoms with Crippen molar-refractivity contribution in [2.45, 2.75) is 38.7 Å². The fourth-order valence-corrected chi connectivity index (χ4v) is 2.53. The zero-order valence-corrected chi connectivity index (χ0v) is 10.6. The second-order valence-corrected chi connectivity index (χ2v) is 5.06. The van der Waals surface area contributed by atoms with E-state index >= 15 is 0 Å². The Hall–Kier alpha value is -1.35. The third-order valence-electron chi connectivity index (χ3n) is 3.76. The van der Waals surface area contributed by atoms with E-state index in [1.807, 2.05) is 30.3 Å². The molecule has 0 bridgehead atoms. The Morgan fingerprint density at radius 3 is 2.44 bits per heavy atom. The highest BCUT2D eigenvalue weighted by Crippen LogP contribution is 2.37. The Balaban J connectivity index is 1.94. The number of hydrogen-bond donors (Lipinski definition) is 1. The number of aliphatic hydroxyl groups is 1. The molecule has 0 atom stereocenters. The number of carbonyl (C=O) groups excluding carboxylic acids is 1. The first-order valence-corrected chi connectivity index (χ1v) is 6.59. The largest absolute Gasteiger partial charge is 0.460 e. The van der Waals surface area contributed by atoms with Gasteiger partial charge in [0.2, 0.25) is 0 Å². The normalized spacial score (nSPS) is 18.3. The first kappa shape index (κ1) is 13.1. The number of benzene rings is 1. The molecule has 1 saturated carbocycles. The molecule has 98 valence electrons. The molecule has 2 rings (SSSR count). The van der Waals surface area contributed by atoms with Crippen LogP contribution in [0.2, 0.25) is 0 Å². The van der Waals surface area contributed by atoms with Gasteiger partial charge in [0.15, 0.2) is 0 Å². The lowest BCUT2D eigenvalue weighted by Crippen LogP contribution is -2.38. The maximum atomic E-state index is 12.1. The Labute approximate surface area is 108 Å². The molecule has 1 aromatic rings. The maximum absolute atomic E-state index is 12.1. The number of ether oxygens (including phenoxy) is 1. The molecule has 0 radical (unpaired) electrons. The molecule has 3 nitrogen and oxygen atoms in total. The Morgan fingerprint density at radius 1 is 1.17 bits per heavy atom. The van der Waals surface area contributed by atoms with Gasteiger partial charge in [-0.25, -0.2) is 0 Å². The summed E-state index contributed by atoms with van der Waals surface area (Å²) in [6.45, 7) is 0.196. The summed E-state index contributed by atoms with van der Waals surface area (Å²) in [5.74, 6) is -0.242. The average Bonchev–Trinajstić information content (AvgIpc) is 2.46. The van der Waals surface area contributed by atoms with Gasteiger partial charge in [-0.15, -0.1) is 0 Å². The maximum Gasteiger partial charge on any atom is 0.314 e. The minimum Gasteiger partial charge on any atom is -0.460 e. The van der Waals surface area contributed by atoms with Crippen molar-refractivity contribution in [3.63, 3.8) is 0 Å². The predicted molar refractivity (Wildman–Crippen MR) is 68.8 cm³/mol. The van der Waals surface area contributed by atoms with Crippen LogP contribution >= 0.6 is 0 Å². The summed E-state index contributed by atoms with van der Waals surface area (Å²) in [5.41, 5.74) is 0.335. The Bertz CT molecular complexity index is 380. The molecular weight excluding hydrogens is 228 g/mol. The predicted octanol–water partition coefficient (Wildman–Crippen LogP) is 2.67. The molecule has 0 heterocycles. The molecule has 3 heteroatoms. The number of hydrogen-bond acceptors (Lipinski definition) is 3. The molecule has 1 aliphatic rings. The highest BCUT2D eigenvalue weighted by Gasteiger charge is 2.40. The third kappa shape index (κ3) is 2.91. The first-order valence-electron chi connectivity index (χ1n) is 6.59. The second kappa shape index (κ2) is 6.01. The van der Waals surface area contributed by atoms with E-state index in [9.17, 15) is 9.90 Å². The summed E-state index contributed by atoms with van der Waals surface area (Å²) in [5, 5.41) is 9.51. The van der Waals surface area contributed by atoms with Gasteiger partial charge in [0, 0.05) is 0 Å². The van der Waals surface area contributed by atoms with Crippen molar-refractivity contribution in [1.82, 2.24) is 0 Å². The topological polar surface area (TPSA) is 46.5 Å². The standard InChI is InChI=1S/C15H20O3/c16-12-15(9-5-2-6-10-15)14(17)18-11-13-7-3-1-4-8-13/h1,3-4,7-8,16H,2,5-6,9-12H2. The van der Waals surface area contributed by atoms with E-state index in [1.54, 1.807) is 0 Å². The molecule has 0 aromatic heterocycles. The van der Waals surface area contributed by atoms with Crippen molar-refractivity contribution in [2.24, 2.45) is 5.41 Å². The van der Waals surface area contributed by atoms with Crippen molar-refractivity contribution in [3.05, 3.63) is 35.9 Å². The minimum absolute atomic E-state index is 0.0966. The van der Waals surface area contributed by atoms with Gasteiger partial charge in [-0.3, -0.25) is 4.79 Å². The quantitative estimate of drug-likeness (QED) is 0.833. The van der Waals surface area contributed by atoms with Crippen molar-refractivity contribution in [2.75, 3.05) is 6.61 Å². The zero-order chi connectivity index (χ0) is 12.8. The molecule has 18 heavy (non-hydrogen) atoms. The van der Waals surface area contributed by atoms with Gasteiger partial charge in [0.25, 0.3) is 0 Å². The number of esters is 1. The molecule has 0 aliphatic heterocycles. The summed E-state index contributed by atoms with van der Waals surface area (Å²) in [6.07, 6.45) is 4.64. The van der Waals surface area contributed by atoms with Crippen LogP contribution in [0.5, 0.6) is 0 Å². The van der Waals surface area contributed by atoms with E-state index in [0.29, 0.717) is 6.61 Å². The fraction of sp³-hybridized carbons (Fsp3) is 0.533. The van der Waals surface area contributed by atoms with Gasteiger partial charge in [0.05, 0.1) is 12.0 Å². The summed E-state index contributed by atoms with van der Waals surface area (Å²) in [7, 11) is 0. The van der Waals surface area contributed by atoms with Crippen LogP contribution in [0, 0.1) is 5.41 Å². The van der Waals surface area contributed by atoms with Crippen LogP contribution < -0.4 is 0 Å². The van der Waals surface area contributed by atoms with E-state index in [1.165, 1.54) is 0 Å². The van der Waals surface area contributed by atoms with Crippen molar-refractivity contribution >= 4 is 5.97 Å². The molecule has 1 N–H and O–H groups in total. The van der Waals surface area contributed by atoms with Crippen LogP contribution in [0.3, 0.4) is 0 Å². The number of carbonyl (C=O) groups is 1. The fourth-order valence-electron chi connectivity index (χ4n) is 2.53. The Morgan fingerprint density at radius 2 is 1.83 bits per heavy atom. The second-order valence-electron chi connectivity index (χ2n) is 5.06. The molecule has 0 unspecified atom stereocenters. The van der Waals surface area contributed by atoms with Crippen LogP contribution in [0.25, 0.3) is 0 Å². The van der Waals surface area contributed by atoms with Crippen LogP contribution in [0.1, 0.15) is 37.7 Å². The van der Waals surface area contributed by atoms with Crippen molar-refractivity contribution in [1.29, 1.82) is 0 Å². The number of aliphatic hydroxyl groups excluding tert-OH is 1. The molecule has 1 aliphatic carbocycles. The van der Waals surface area contributed by atoms with E-state index in [4.69, 9.17) is 4.74 Å². The highest BCUT2D eigenvalue weighted by atomic mass is 16.5. The first-order chi connectivity index (χ1) is 8.77. The lowest BCUT2D eigenvalue weighted by atomic mass is 9.75. The third-order valence-corrected chi connectivity index (χ3v) is 3.76. The van der Waals surface area contributed by atoms with E-state index in [-0.39, 0.29) is 12.6 Å². The van der Waals surface area contributed by atoms with Gasteiger partial charge in [-0.2, -0.15) is 0 Å². The Kier molecular flexibility index (Phi) is 4.37. The monoisotopic (exact) mass is 248 g/mol.